The van der Waals surface area contributed by atoms with Crippen molar-refractivity contribution in [2.75, 3.05) is 7.05 Å². The maximum atomic E-state index is 12.1. The molecule has 0 unspecified atom stereocenters. The molecule has 0 saturated carbocycles. The maximum absolute atomic E-state index is 12.1. The maximum Gasteiger partial charge on any atom is 0.410 e. The Hall–Kier alpha value is -3.48. The normalized spacial score (nSPS) is 11.6. The molecule has 1 amide bonds. The minimum atomic E-state index is -0.503. The highest BCUT2D eigenvalue weighted by molar-refractivity contribution is 5.67. The highest BCUT2D eigenvalue weighted by atomic mass is 16.6. The van der Waals surface area contributed by atoms with Gasteiger partial charge in [-0.25, -0.2) is 9.78 Å². The van der Waals surface area contributed by atoms with Gasteiger partial charge in [0.05, 0.1) is 18.4 Å². The second-order valence-electron chi connectivity index (χ2n) is 7.96. The van der Waals surface area contributed by atoms with Crippen LogP contribution in [0.2, 0.25) is 0 Å². The van der Waals surface area contributed by atoms with E-state index in [0.29, 0.717) is 13.1 Å². The molecule has 7 nitrogen and oxygen atoms in total. The monoisotopic (exact) mass is 406 g/mol. The molecule has 0 aliphatic rings. The number of carbonyl (C=O) groups is 1. The van der Waals surface area contributed by atoms with Gasteiger partial charge in [-0.3, -0.25) is 0 Å². The Labute approximate surface area is 176 Å². The number of amides is 1. The van der Waals surface area contributed by atoms with Crippen LogP contribution in [-0.2, 0) is 17.8 Å². The first-order chi connectivity index (χ1) is 14.3. The lowest BCUT2D eigenvalue weighted by Crippen LogP contribution is -2.33. The average Bonchev–Trinajstić information content (AvgIpc) is 3.23. The molecule has 0 spiro atoms. The number of azo groups is 1. The zero-order valence-electron chi connectivity index (χ0n) is 17.7. The van der Waals surface area contributed by atoms with Crippen LogP contribution in [0.25, 0.3) is 11.3 Å². The van der Waals surface area contributed by atoms with Gasteiger partial charge in [0.1, 0.15) is 5.60 Å². The van der Waals surface area contributed by atoms with Crippen molar-refractivity contribution in [2.24, 2.45) is 10.2 Å². The van der Waals surface area contributed by atoms with Gasteiger partial charge in [0.2, 0.25) is 0 Å². The van der Waals surface area contributed by atoms with Gasteiger partial charge in [-0.1, -0.05) is 24.3 Å². The van der Waals surface area contributed by atoms with Crippen molar-refractivity contribution >= 4 is 11.8 Å². The summed E-state index contributed by atoms with van der Waals surface area (Å²) in [6.07, 6.45) is 2.74. The second-order valence-corrected chi connectivity index (χ2v) is 7.96. The van der Waals surface area contributed by atoms with Gasteiger partial charge in [-0.15, -0.1) is 0 Å². The Bertz CT molecular complexity index is 973. The summed E-state index contributed by atoms with van der Waals surface area (Å²) in [5, 5.41) is 8.53. The van der Waals surface area contributed by atoms with Crippen molar-refractivity contribution in [1.82, 2.24) is 9.88 Å². The molecule has 7 heteroatoms. The van der Waals surface area contributed by atoms with E-state index in [-0.39, 0.29) is 6.09 Å². The highest BCUT2D eigenvalue weighted by Crippen LogP contribution is 2.22. The summed E-state index contributed by atoms with van der Waals surface area (Å²) >= 11 is 0. The fourth-order valence-corrected chi connectivity index (χ4v) is 2.68. The van der Waals surface area contributed by atoms with E-state index in [1.807, 2.05) is 69.3 Å². The summed E-state index contributed by atoms with van der Waals surface area (Å²) in [4.78, 5) is 17.5. The van der Waals surface area contributed by atoms with Gasteiger partial charge in [0, 0.05) is 19.2 Å². The molecule has 156 valence electrons. The summed E-state index contributed by atoms with van der Waals surface area (Å²) in [7, 11) is 1.73. The minimum absolute atomic E-state index is 0.338. The molecule has 0 radical (unpaired) electrons. The summed E-state index contributed by atoms with van der Waals surface area (Å²) < 4.78 is 10.6. The van der Waals surface area contributed by atoms with Gasteiger partial charge >= 0.3 is 6.09 Å². The van der Waals surface area contributed by atoms with Crippen LogP contribution in [0.3, 0.4) is 0 Å². The molecule has 3 aromatic rings. The highest BCUT2D eigenvalue weighted by Gasteiger charge is 2.19. The van der Waals surface area contributed by atoms with E-state index in [9.17, 15) is 4.79 Å². The quantitative estimate of drug-likeness (QED) is 0.471. The molecule has 0 N–H and O–H groups in total. The SMILES string of the molecule is CN(Cc1ccc(CN=Nc2ccc(-c3cnco3)cc2)cc1)C(=O)OC(C)(C)C. The van der Waals surface area contributed by atoms with Crippen LogP contribution in [0.5, 0.6) is 0 Å². The van der Waals surface area contributed by atoms with Crippen molar-refractivity contribution in [3.05, 3.63) is 72.2 Å². The Balaban J connectivity index is 1.51. The molecule has 0 aliphatic carbocycles. The molecule has 2 aromatic carbocycles. The third-order valence-electron chi connectivity index (χ3n) is 4.17. The summed E-state index contributed by atoms with van der Waals surface area (Å²) in [5.74, 6) is 0.718. The van der Waals surface area contributed by atoms with Crippen molar-refractivity contribution < 1.29 is 13.9 Å². The predicted octanol–water partition coefficient (Wildman–Crippen LogP) is 5.99. The first-order valence-electron chi connectivity index (χ1n) is 9.68. The van der Waals surface area contributed by atoms with Gasteiger partial charge in [0.25, 0.3) is 0 Å². The van der Waals surface area contributed by atoms with E-state index < -0.39 is 5.60 Å². The number of hydrogen-bond donors (Lipinski definition) is 0. The van der Waals surface area contributed by atoms with E-state index in [0.717, 1.165) is 28.1 Å². The van der Waals surface area contributed by atoms with Gasteiger partial charge in [-0.05, 0) is 56.2 Å². The van der Waals surface area contributed by atoms with E-state index >= 15 is 0 Å². The van der Waals surface area contributed by atoms with Crippen molar-refractivity contribution in [3.8, 4) is 11.3 Å². The number of benzene rings is 2. The largest absolute Gasteiger partial charge is 0.444 e. The van der Waals surface area contributed by atoms with Crippen LogP contribution in [0.4, 0.5) is 10.5 Å². The minimum Gasteiger partial charge on any atom is -0.444 e. The molecule has 0 atom stereocenters. The zero-order valence-corrected chi connectivity index (χ0v) is 17.7. The average molecular weight is 406 g/mol. The van der Waals surface area contributed by atoms with Gasteiger partial charge in [0.15, 0.2) is 12.2 Å². The number of nitrogens with zero attached hydrogens (tertiary/aromatic N) is 4. The van der Waals surface area contributed by atoms with E-state index in [1.165, 1.54) is 6.39 Å². The van der Waals surface area contributed by atoms with Crippen molar-refractivity contribution in [3.63, 3.8) is 0 Å². The smallest absolute Gasteiger partial charge is 0.410 e. The Morgan fingerprint density at radius 3 is 2.33 bits per heavy atom. The van der Waals surface area contributed by atoms with Crippen molar-refractivity contribution in [2.45, 2.75) is 39.5 Å². The molecule has 3 rings (SSSR count). The molecule has 0 bridgehead atoms. The topological polar surface area (TPSA) is 80.3 Å². The van der Waals surface area contributed by atoms with E-state index in [4.69, 9.17) is 9.15 Å². The lowest BCUT2D eigenvalue weighted by molar-refractivity contribution is 0.0285. The summed E-state index contributed by atoms with van der Waals surface area (Å²) in [5.41, 5.74) is 3.27. The number of hydrogen-bond acceptors (Lipinski definition) is 6. The van der Waals surface area contributed by atoms with Crippen LogP contribution in [-0.4, -0.2) is 28.6 Å². The van der Waals surface area contributed by atoms with Gasteiger partial charge in [-0.2, -0.15) is 10.2 Å². The number of rotatable bonds is 6. The first kappa shape index (κ1) is 21.2. The molecule has 30 heavy (non-hydrogen) atoms. The van der Waals surface area contributed by atoms with Crippen LogP contribution in [0, 0.1) is 0 Å². The van der Waals surface area contributed by atoms with Crippen LogP contribution >= 0.6 is 0 Å². The van der Waals surface area contributed by atoms with Crippen LogP contribution in [0.15, 0.2) is 75.8 Å². The fraction of sp³-hybridized carbons (Fsp3) is 0.304. The molecule has 0 fully saturated rings. The standard InChI is InChI=1S/C23H26N4O3/c1-23(2,3)30-22(28)27(4)15-18-7-5-17(6-8-18)13-25-26-20-11-9-19(10-12-20)21-14-24-16-29-21/h5-12,14,16H,13,15H2,1-4H3. The molecule has 0 aliphatic heterocycles. The predicted molar refractivity (Wildman–Crippen MR) is 114 cm³/mol. The Kier molecular flexibility index (Phi) is 6.61. The van der Waals surface area contributed by atoms with Crippen LogP contribution < -0.4 is 0 Å². The lowest BCUT2D eigenvalue weighted by Gasteiger charge is -2.24. The van der Waals surface area contributed by atoms with Crippen LogP contribution in [0.1, 0.15) is 31.9 Å². The number of aromatic nitrogens is 1. The van der Waals surface area contributed by atoms with E-state index in [2.05, 4.69) is 15.2 Å². The number of carbonyl (C=O) groups excluding carboxylic acids is 1. The zero-order chi connectivity index (χ0) is 21.6. The Morgan fingerprint density at radius 2 is 1.73 bits per heavy atom. The number of oxazole rings is 1. The molecular weight excluding hydrogens is 380 g/mol. The van der Waals surface area contributed by atoms with Gasteiger partial charge < -0.3 is 14.1 Å². The second kappa shape index (κ2) is 9.35. The third-order valence-corrected chi connectivity index (χ3v) is 4.17. The summed E-state index contributed by atoms with van der Waals surface area (Å²) in [6.45, 7) is 6.52. The third kappa shape index (κ3) is 6.27. The molecular formula is C23H26N4O3. The summed E-state index contributed by atoms with van der Waals surface area (Å²) in [6, 6.07) is 15.6. The number of ether oxygens (including phenoxy) is 1. The molecule has 0 saturated heterocycles. The Morgan fingerprint density at radius 1 is 1.07 bits per heavy atom. The first-order valence-corrected chi connectivity index (χ1v) is 9.68. The van der Waals surface area contributed by atoms with E-state index in [1.54, 1.807) is 18.1 Å². The van der Waals surface area contributed by atoms with Crippen molar-refractivity contribution in [1.29, 1.82) is 0 Å². The molecule has 1 aromatic heterocycles. The molecule has 1 heterocycles. The fourth-order valence-electron chi connectivity index (χ4n) is 2.68. The lowest BCUT2D eigenvalue weighted by atomic mass is 10.1.